The van der Waals surface area contributed by atoms with Gasteiger partial charge in [0.25, 0.3) is 0 Å². The molecular weight excluding hydrogens is 254 g/mol. The third-order valence-corrected chi connectivity index (χ3v) is 3.64. The molecule has 1 aliphatic carbocycles. The summed E-state index contributed by atoms with van der Waals surface area (Å²) in [6, 6.07) is 7.68. The zero-order valence-electron chi connectivity index (χ0n) is 8.72. The fraction of sp³-hybridized carbons (Fsp3) is 0.417. The van der Waals surface area contributed by atoms with Crippen molar-refractivity contribution >= 4 is 27.5 Å². The van der Waals surface area contributed by atoms with Crippen molar-refractivity contribution in [1.82, 2.24) is 0 Å². The van der Waals surface area contributed by atoms with Crippen molar-refractivity contribution in [2.24, 2.45) is 5.41 Å². The molecule has 1 aromatic rings. The Kier molecular flexibility index (Phi) is 2.83. The van der Waals surface area contributed by atoms with Gasteiger partial charge in [0.15, 0.2) is 0 Å². The van der Waals surface area contributed by atoms with Gasteiger partial charge in [0.1, 0.15) is 0 Å². The van der Waals surface area contributed by atoms with Gasteiger partial charge in [-0.3, -0.25) is 4.79 Å². The van der Waals surface area contributed by atoms with E-state index in [1.807, 2.05) is 24.3 Å². The number of rotatable bonds is 3. The SMILES string of the molecule is CCC1(C(=O)Nc2ccc(Br)cc2)CC1. The van der Waals surface area contributed by atoms with Crippen LogP contribution in [0.25, 0.3) is 0 Å². The van der Waals surface area contributed by atoms with Gasteiger partial charge in [-0.15, -0.1) is 0 Å². The Hall–Kier alpha value is -0.830. The Morgan fingerprint density at radius 1 is 1.40 bits per heavy atom. The zero-order valence-corrected chi connectivity index (χ0v) is 10.3. The summed E-state index contributed by atoms with van der Waals surface area (Å²) < 4.78 is 1.03. The summed E-state index contributed by atoms with van der Waals surface area (Å²) in [4.78, 5) is 11.9. The third-order valence-electron chi connectivity index (χ3n) is 3.11. The summed E-state index contributed by atoms with van der Waals surface area (Å²) in [5, 5.41) is 2.96. The van der Waals surface area contributed by atoms with E-state index in [4.69, 9.17) is 0 Å². The first-order chi connectivity index (χ1) is 7.16. The van der Waals surface area contributed by atoms with Crippen LogP contribution in [0.5, 0.6) is 0 Å². The first-order valence-electron chi connectivity index (χ1n) is 5.23. The van der Waals surface area contributed by atoms with Crippen molar-refractivity contribution in [3.8, 4) is 0 Å². The smallest absolute Gasteiger partial charge is 0.230 e. The van der Waals surface area contributed by atoms with Crippen LogP contribution in [-0.2, 0) is 4.79 Å². The molecule has 15 heavy (non-hydrogen) atoms. The van der Waals surface area contributed by atoms with E-state index in [0.717, 1.165) is 29.4 Å². The van der Waals surface area contributed by atoms with Crippen molar-refractivity contribution in [3.63, 3.8) is 0 Å². The first kappa shape index (κ1) is 10.7. The predicted molar refractivity (Wildman–Crippen MR) is 64.7 cm³/mol. The van der Waals surface area contributed by atoms with Gasteiger partial charge in [-0.2, -0.15) is 0 Å². The predicted octanol–water partition coefficient (Wildman–Crippen LogP) is 3.58. The molecule has 1 saturated carbocycles. The molecule has 1 amide bonds. The maximum absolute atomic E-state index is 11.9. The Labute approximate surface area is 98.2 Å². The van der Waals surface area contributed by atoms with Crippen LogP contribution in [0.2, 0.25) is 0 Å². The lowest BCUT2D eigenvalue weighted by atomic mass is 10.0. The summed E-state index contributed by atoms with van der Waals surface area (Å²) in [7, 11) is 0. The lowest BCUT2D eigenvalue weighted by Gasteiger charge is -2.12. The average Bonchev–Trinajstić information content (AvgIpc) is 3.02. The number of nitrogens with one attached hydrogen (secondary N) is 1. The quantitative estimate of drug-likeness (QED) is 0.891. The van der Waals surface area contributed by atoms with E-state index in [-0.39, 0.29) is 11.3 Å². The summed E-state index contributed by atoms with van der Waals surface area (Å²) in [5.41, 5.74) is 0.815. The molecule has 0 unspecified atom stereocenters. The number of halogens is 1. The van der Waals surface area contributed by atoms with E-state index in [1.54, 1.807) is 0 Å². The van der Waals surface area contributed by atoms with Crippen LogP contribution in [0, 0.1) is 5.41 Å². The summed E-state index contributed by atoms with van der Waals surface area (Å²) in [5.74, 6) is 0.173. The average molecular weight is 268 g/mol. The van der Waals surface area contributed by atoms with Gasteiger partial charge in [-0.05, 0) is 43.5 Å². The largest absolute Gasteiger partial charge is 0.326 e. The Morgan fingerprint density at radius 2 is 2.00 bits per heavy atom. The van der Waals surface area contributed by atoms with E-state index in [1.165, 1.54) is 0 Å². The van der Waals surface area contributed by atoms with Crippen LogP contribution >= 0.6 is 15.9 Å². The lowest BCUT2D eigenvalue weighted by molar-refractivity contribution is -0.121. The van der Waals surface area contributed by atoms with Gasteiger partial charge in [0, 0.05) is 15.6 Å². The molecule has 0 heterocycles. The van der Waals surface area contributed by atoms with Gasteiger partial charge >= 0.3 is 0 Å². The van der Waals surface area contributed by atoms with Crippen molar-refractivity contribution < 1.29 is 4.79 Å². The number of benzene rings is 1. The monoisotopic (exact) mass is 267 g/mol. The molecule has 0 saturated heterocycles. The number of carbonyl (C=O) groups excluding carboxylic acids is 1. The molecule has 80 valence electrons. The third kappa shape index (κ3) is 2.23. The number of hydrogen-bond donors (Lipinski definition) is 1. The van der Waals surface area contributed by atoms with Crippen LogP contribution in [0.15, 0.2) is 28.7 Å². The highest BCUT2D eigenvalue weighted by Crippen LogP contribution is 2.49. The Balaban J connectivity index is 2.03. The zero-order chi connectivity index (χ0) is 10.9. The standard InChI is InChI=1S/C12H14BrNO/c1-2-12(7-8-12)11(15)14-10-5-3-9(13)4-6-10/h3-6H,2,7-8H2,1H3,(H,14,15). The minimum Gasteiger partial charge on any atom is -0.326 e. The molecule has 0 aromatic heterocycles. The highest BCUT2D eigenvalue weighted by atomic mass is 79.9. The Bertz CT molecular complexity index is 368. The summed E-state index contributed by atoms with van der Waals surface area (Å²) >= 11 is 3.36. The number of hydrogen-bond acceptors (Lipinski definition) is 1. The van der Waals surface area contributed by atoms with Gasteiger partial charge in [0.2, 0.25) is 5.91 Å². The van der Waals surface area contributed by atoms with Crippen LogP contribution < -0.4 is 5.32 Å². The number of amides is 1. The second-order valence-electron chi connectivity index (χ2n) is 4.09. The number of anilines is 1. The fourth-order valence-electron chi connectivity index (χ4n) is 1.69. The molecule has 1 N–H and O–H groups in total. The van der Waals surface area contributed by atoms with E-state index in [0.29, 0.717) is 0 Å². The van der Waals surface area contributed by atoms with E-state index in [2.05, 4.69) is 28.2 Å². The fourth-order valence-corrected chi connectivity index (χ4v) is 1.95. The van der Waals surface area contributed by atoms with Crippen LogP contribution in [0.4, 0.5) is 5.69 Å². The lowest BCUT2D eigenvalue weighted by Crippen LogP contribution is -2.23. The van der Waals surface area contributed by atoms with Gasteiger partial charge in [0.05, 0.1) is 0 Å². The van der Waals surface area contributed by atoms with Crippen molar-refractivity contribution in [1.29, 1.82) is 0 Å². The van der Waals surface area contributed by atoms with E-state index in [9.17, 15) is 4.79 Å². The Morgan fingerprint density at radius 3 is 2.47 bits per heavy atom. The van der Waals surface area contributed by atoms with Crippen molar-refractivity contribution in [3.05, 3.63) is 28.7 Å². The normalized spacial score (nSPS) is 17.2. The molecule has 1 aromatic carbocycles. The molecule has 0 atom stereocenters. The second-order valence-corrected chi connectivity index (χ2v) is 5.01. The van der Waals surface area contributed by atoms with Crippen molar-refractivity contribution in [2.45, 2.75) is 26.2 Å². The van der Waals surface area contributed by atoms with Crippen molar-refractivity contribution in [2.75, 3.05) is 5.32 Å². The van der Waals surface area contributed by atoms with Crippen LogP contribution in [-0.4, -0.2) is 5.91 Å². The minimum atomic E-state index is -0.0624. The van der Waals surface area contributed by atoms with Gasteiger partial charge in [-0.1, -0.05) is 22.9 Å². The van der Waals surface area contributed by atoms with Crippen LogP contribution in [0.1, 0.15) is 26.2 Å². The molecule has 2 rings (SSSR count). The van der Waals surface area contributed by atoms with Crippen LogP contribution in [0.3, 0.4) is 0 Å². The molecular formula is C12H14BrNO. The highest BCUT2D eigenvalue weighted by molar-refractivity contribution is 9.10. The summed E-state index contributed by atoms with van der Waals surface area (Å²) in [6.45, 7) is 2.08. The molecule has 2 nitrogen and oxygen atoms in total. The van der Waals surface area contributed by atoms with Gasteiger partial charge in [-0.25, -0.2) is 0 Å². The maximum Gasteiger partial charge on any atom is 0.230 e. The highest BCUT2D eigenvalue weighted by Gasteiger charge is 2.47. The molecule has 0 radical (unpaired) electrons. The molecule has 3 heteroatoms. The molecule has 0 aliphatic heterocycles. The molecule has 1 fully saturated rings. The molecule has 0 bridgehead atoms. The minimum absolute atomic E-state index is 0.0624. The first-order valence-corrected chi connectivity index (χ1v) is 6.03. The van der Waals surface area contributed by atoms with E-state index >= 15 is 0 Å². The topological polar surface area (TPSA) is 29.1 Å². The second kappa shape index (κ2) is 3.97. The summed E-state index contributed by atoms with van der Waals surface area (Å²) in [6.07, 6.45) is 3.01. The van der Waals surface area contributed by atoms with E-state index < -0.39 is 0 Å². The maximum atomic E-state index is 11.9. The molecule has 0 spiro atoms. The molecule has 1 aliphatic rings. The number of carbonyl (C=O) groups is 1. The van der Waals surface area contributed by atoms with Gasteiger partial charge < -0.3 is 5.32 Å².